The van der Waals surface area contributed by atoms with Crippen molar-refractivity contribution in [2.24, 2.45) is 4.99 Å². The summed E-state index contributed by atoms with van der Waals surface area (Å²) in [5.41, 5.74) is 6.97. The van der Waals surface area contributed by atoms with Gasteiger partial charge in [-0.3, -0.25) is 9.98 Å². The normalized spacial score (nSPS) is 13.7. The molecule has 0 amide bonds. The molecule has 0 radical (unpaired) electrons. The lowest BCUT2D eigenvalue weighted by atomic mass is 10.1. The summed E-state index contributed by atoms with van der Waals surface area (Å²) in [7, 11) is 0. The highest BCUT2D eigenvalue weighted by atomic mass is 16.5. The van der Waals surface area contributed by atoms with Gasteiger partial charge in [0.2, 0.25) is 0 Å². The van der Waals surface area contributed by atoms with Crippen molar-refractivity contribution in [1.29, 1.82) is 0 Å². The Morgan fingerprint density at radius 3 is 2.76 bits per heavy atom. The maximum absolute atomic E-state index is 9.80. The Morgan fingerprint density at radius 1 is 0.971 bits per heavy atom. The Morgan fingerprint density at radius 2 is 1.88 bits per heavy atom. The monoisotopic (exact) mass is 447 g/mol. The number of aliphatic imine (C=N–C) groups is 1. The number of nitrogens with one attached hydrogen (secondary N) is 1. The molecule has 5 heteroatoms. The van der Waals surface area contributed by atoms with Crippen molar-refractivity contribution in [2.45, 2.75) is 13.2 Å². The first kappa shape index (κ1) is 21.6. The van der Waals surface area contributed by atoms with Crippen LogP contribution < -0.4 is 4.74 Å². The second kappa shape index (κ2) is 10.1. The Labute approximate surface area is 198 Å². The summed E-state index contributed by atoms with van der Waals surface area (Å²) in [5, 5.41) is 11.0. The first-order chi connectivity index (χ1) is 16.8. The lowest BCUT2D eigenvalue weighted by Gasteiger charge is -2.10. The summed E-state index contributed by atoms with van der Waals surface area (Å²) >= 11 is 0. The average molecular weight is 448 g/mol. The predicted molar refractivity (Wildman–Crippen MR) is 138 cm³/mol. The molecule has 5 rings (SSSR count). The van der Waals surface area contributed by atoms with E-state index >= 15 is 0 Å². The molecule has 4 aromatic rings. The summed E-state index contributed by atoms with van der Waals surface area (Å²) in [4.78, 5) is 12.2. The number of allylic oxidation sites excluding steroid dienone is 2. The zero-order chi connectivity index (χ0) is 23.2. The van der Waals surface area contributed by atoms with Gasteiger partial charge in [0, 0.05) is 28.9 Å². The molecule has 0 saturated carbocycles. The average Bonchev–Trinajstić information content (AvgIpc) is 3.52. The highest BCUT2D eigenvalue weighted by Crippen LogP contribution is 2.23. The van der Waals surface area contributed by atoms with Crippen LogP contribution in [0.5, 0.6) is 5.75 Å². The molecule has 0 fully saturated rings. The third-order valence-electron chi connectivity index (χ3n) is 5.68. The van der Waals surface area contributed by atoms with Gasteiger partial charge in [0.15, 0.2) is 0 Å². The van der Waals surface area contributed by atoms with E-state index < -0.39 is 0 Å². The van der Waals surface area contributed by atoms with E-state index in [1.54, 1.807) is 6.20 Å². The van der Waals surface area contributed by atoms with E-state index in [2.05, 4.69) is 51.4 Å². The maximum Gasteiger partial charge on any atom is 0.130 e. The Kier molecular flexibility index (Phi) is 6.45. The minimum atomic E-state index is -0.0944. The molecule has 2 N–H and O–H groups in total. The first-order valence-electron chi connectivity index (χ1n) is 11.2. The largest absolute Gasteiger partial charge is 0.487 e. The summed E-state index contributed by atoms with van der Waals surface area (Å²) in [6.07, 6.45) is 14.1. The lowest BCUT2D eigenvalue weighted by molar-refractivity contribution is 0.257. The Balaban J connectivity index is 1.23. The molecule has 34 heavy (non-hydrogen) atoms. The van der Waals surface area contributed by atoms with Gasteiger partial charge in [0.05, 0.1) is 24.6 Å². The molecule has 168 valence electrons. The smallest absolute Gasteiger partial charge is 0.130 e. The minimum absolute atomic E-state index is 0.0944. The molecule has 0 spiro atoms. The van der Waals surface area contributed by atoms with Gasteiger partial charge in [-0.2, -0.15) is 0 Å². The zero-order valence-corrected chi connectivity index (χ0v) is 18.7. The lowest BCUT2D eigenvalue weighted by Crippen LogP contribution is -2.00. The fraction of sp³-hybridized carbons (Fsp3) is 0.103. The quantitative estimate of drug-likeness (QED) is 0.362. The fourth-order valence-electron chi connectivity index (χ4n) is 3.88. The van der Waals surface area contributed by atoms with Crippen molar-refractivity contribution >= 4 is 28.8 Å². The molecule has 1 aliphatic heterocycles. The van der Waals surface area contributed by atoms with Crippen molar-refractivity contribution in [3.63, 3.8) is 0 Å². The maximum atomic E-state index is 9.80. The van der Waals surface area contributed by atoms with E-state index in [0.717, 1.165) is 28.0 Å². The van der Waals surface area contributed by atoms with Gasteiger partial charge in [0.25, 0.3) is 0 Å². The standard InChI is InChI=1S/C29H25N3O2/c33-19-24-15-21(10-13-29(24)34-20-26-5-3-4-14-30-26)9-12-25-16-22(17-31-25)8-11-23-18-32-28-7-2-1-6-27(23)28/h1-16,18,32-33H,17,19-20H2/b11-8+,12-9+. The van der Waals surface area contributed by atoms with Gasteiger partial charge in [0.1, 0.15) is 12.4 Å². The Bertz CT molecular complexity index is 1410. The number of ether oxygens (including phenoxy) is 1. The molecule has 0 aliphatic carbocycles. The summed E-state index contributed by atoms with van der Waals surface area (Å²) < 4.78 is 5.86. The van der Waals surface area contributed by atoms with Crippen LogP contribution in [0.3, 0.4) is 0 Å². The van der Waals surface area contributed by atoms with Crippen LogP contribution in [0.4, 0.5) is 0 Å². The molecule has 5 nitrogen and oxygen atoms in total. The number of nitrogens with zero attached hydrogens (tertiary/aromatic N) is 2. The summed E-state index contributed by atoms with van der Waals surface area (Å²) in [6, 6.07) is 19.8. The van der Waals surface area contributed by atoms with Gasteiger partial charge in [-0.1, -0.05) is 48.6 Å². The van der Waals surface area contributed by atoms with Crippen LogP contribution in [0, 0.1) is 0 Å². The SMILES string of the molecule is OCc1cc(/C=C/C2=NCC(/C=C/c3c[nH]c4ccccc34)=C2)ccc1OCc1ccccn1. The molecule has 0 atom stereocenters. The first-order valence-corrected chi connectivity index (χ1v) is 11.2. The summed E-state index contributed by atoms with van der Waals surface area (Å²) in [5.74, 6) is 0.660. The molecular weight excluding hydrogens is 422 g/mol. The second-order valence-corrected chi connectivity index (χ2v) is 8.05. The van der Waals surface area contributed by atoms with Crippen molar-refractivity contribution in [3.8, 4) is 5.75 Å². The fourth-order valence-corrected chi connectivity index (χ4v) is 3.88. The van der Waals surface area contributed by atoms with Gasteiger partial charge in [-0.25, -0.2) is 0 Å². The number of pyridine rings is 1. The number of aromatic nitrogens is 2. The topological polar surface area (TPSA) is 70.5 Å². The van der Waals surface area contributed by atoms with Crippen LogP contribution in [0.25, 0.3) is 23.1 Å². The van der Waals surface area contributed by atoms with E-state index in [1.807, 2.05) is 60.8 Å². The molecule has 0 bridgehead atoms. The molecule has 3 heterocycles. The highest BCUT2D eigenvalue weighted by molar-refractivity contribution is 6.08. The van der Waals surface area contributed by atoms with E-state index in [-0.39, 0.29) is 6.61 Å². The highest BCUT2D eigenvalue weighted by Gasteiger charge is 2.07. The van der Waals surface area contributed by atoms with E-state index in [4.69, 9.17) is 4.74 Å². The minimum Gasteiger partial charge on any atom is -0.487 e. The molecule has 0 saturated heterocycles. The third-order valence-corrected chi connectivity index (χ3v) is 5.68. The van der Waals surface area contributed by atoms with Crippen LogP contribution in [-0.2, 0) is 13.2 Å². The van der Waals surface area contributed by atoms with E-state index in [9.17, 15) is 5.11 Å². The number of hydrogen-bond acceptors (Lipinski definition) is 4. The number of benzene rings is 2. The van der Waals surface area contributed by atoms with Crippen LogP contribution in [-0.4, -0.2) is 27.3 Å². The van der Waals surface area contributed by atoms with Crippen LogP contribution in [0.2, 0.25) is 0 Å². The second-order valence-electron chi connectivity index (χ2n) is 8.05. The zero-order valence-electron chi connectivity index (χ0n) is 18.7. The molecule has 1 aliphatic rings. The van der Waals surface area contributed by atoms with Crippen LogP contribution in [0.1, 0.15) is 22.4 Å². The Hall–Kier alpha value is -4.22. The van der Waals surface area contributed by atoms with Gasteiger partial charge >= 0.3 is 0 Å². The number of rotatable bonds is 8. The predicted octanol–water partition coefficient (Wildman–Crippen LogP) is 5.74. The molecule has 2 aromatic carbocycles. The number of fused-ring (bicyclic) bond motifs is 1. The van der Waals surface area contributed by atoms with Gasteiger partial charge in [-0.05, 0) is 59.2 Å². The van der Waals surface area contributed by atoms with E-state index in [0.29, 0.717) is 18.9 Å². The molecular formula is C29H25N3O2. The number of aliphatic hydroxyl groups is 1. The van der Waals surface area contributed by atoms with Crippen molar-refractivity contribution < 1.29 is 9.84 Å². The number of H-pyrrole nitrogens is 1. The number of aliphatic hydroxyl groups excluding tert-OH is 1. The van der Waals surface area contributed by atoms with Crippen molar-refractivity contribution in [2.75, 3.05) is 6.54 Å². The van der Waals surface area contributed by atoms with Crippen LogP contribution in [0.15, 0.2) is 102 Å². The van der Waals surface area contributed by atoms with Crippen molar-refractivity contribution in [1.82, 2.24) is 9.97 Å². The number of hydrogen-bond donors (Lipinski definition) is 2. The molecule has 2 aromatic heterocycles. The number of aromatic amines is 1. The van der Waals surface area contributed by atoms with Gasteiger partial charge < -0.3 is 14.8 Å². The third kappa shape index (κ3) is 5.05. The van der Waals surface area contributed by atoms with Crippen molar-refractivity contribution in [3.05, 3.63) is 119 Å². The van der Waals surface area contributed by atoms with E-state index in [1.165, 1.54) is 16.5 Å². The molecule has 0 unspecified atom stereocenters. The number of para-hydroxylation sites is 1. The van der Waals surface area contributed by atoms with Gasteiger partial charge in [-0.15, -0.1) is 0 Å². The summed E-state index contributed by atoms with van der Waals surface area (Å²) in [6.45, 7) is 0.934. The van der Waals surface area contributed by atoms with Crippen LogP contribution >= 0.6 is 0 Å².